The van der Waals surface area contributed by atoms with Gasteiger partial charge in [0.1, 0.15) is 5.75 Å². The summed E-state index contributed by atoms with van der Waals surface area (Å²) in [4.78, 5) is 24.2. The molecule has 1 unspecified atom stereocenters. The fourth-order valence-corrected chi connectivity index (χ4v) is 2.58. The van der Waals surface area contributed by atoms with Crippen LogP contribution in [-0.2, 0) is 9.59 Å². The lowest BCUT2D eigenvalue weighted by Crippen LogP contribution is -2.37. The highest BCUT2D eigenvalue weighted by Gasteiger charge is 2.19. The van der Waals surface area contributed by atoms with Crippen molar-refractivity contribution in [3.05, 3.63) is 58.6 Å². The third-order valence-corrected chi connectivity index (χ3v) is 3.80. The number of rotatable bonds is 5. The monoisotopic (exact) mass is 360 g/mol. The minimum Gasteiger partial charge on any atom is -0.494 e. The smallest absolute Gasteiger partial charge is 0.313 e. The number of hydrogen-bond acceptors (Lipinski definition) is 3. The maximum absolute atomic E-state index is 12.2. The predicted molar refractivity (Wildman–Crippen MR) is 99.0 cm³/mol. The lowest BCUT2D eigenvalue weighted by molar-refractivity contribution is -0.136. The molecule has 0 saturated heterocycles. The summed E-state index contributed by atoms with van der Waals surface area (Å²) in [6.45, 7) is 6.18. The second-order valence-corrected chi connectivity index (χ2v) is 6.07. The highest BCUT2D eigenvalue weighted by atomic mass is 35.5. The third-order valence-electron chi connectivity index (χ3n) is 3.57. The number of anilines is 1. The van der Waals surface area contributed by atoms with Gasteiger partial charge in [0.25, 0.3) is 0 Å². The van der Waals surface area contributed by atoms with Gasteiger partial charge >= 0.3 is 11.8 Å². The van der Waals surface area contributed by atoms with Crippen LogP contribution in [-0.4, -0.2) is 18.4 Å². The van der Waals surface area contributed by atoms with E-state index in [4.69, 9.17) is 16.3 Å². The molecule has 1 atom stereocenters. The SMILES string of the molecule is CCOc1ccc(C)cc1C(C)NC(=O)C(=O)Nc1cccc(Cl)c1. The highest BCUT2D eigenvalue weighted by molar-refractivity contribution is 6.40. The summed E-state index contributed by atoms with van der Waals surface area (Å²) >= 11 is 5.87. The zero-order chi connectivity index (χ0) is 18.4. The standard InChI is InChI=1S/C19H21ClN2O3/c1-4-25-17-9-8-12(2)10-16(17)13(3)21-18(23)19(24)22-15-7-5-6-14(20)11-15/h5-11,13H,4H2,1-3H3,(H,21,23)(H,22,24). The second-order valence-electron chi connectivity index (χ2n) is 5.63. The molecule has 2 rings (SSSR count). The van der Waals surface area contributed by atoms with Crippen molar-refractivity contribution in [2.45, 2.75) is 26.8 Å². The molecule has 25 heavy (non-hydrogen) atoms. The molecule has 0 radical (unpaired) electrons. The molecule has 2 aromatic rings. The Morgan fingerprint density at radius 1 is 1.16 bits per heavy atom. The molecule has 0 heterocycles. The zero-order valence-corrected chi connectivity index (χ0v) is 15.2. The Kier molecular flexibility index (Phi) is 6.42. The van der Waals surface area contributed by atoms with Gasteiger partial charge in [-0.1, -0.05) is 35.4 Å². The molecule has 2 aromatic carbocycles. The van der Waals surface area contributed by atoms with Crippen LogP contribution in [0.15, 0.2) is 42.5 Å². The summed E-state index contributed by atoms with van der Waals surface area (Å²) in [6, 6.07) is 12.0. The molecule has 2 amide bonds. The molecule has 2 N–H and O–H groups in total. The van der Waals surface area contributed by atoms with Crippen LogP contribution in [0.3, 0.4) is 0 Å². The maximum Gasteiger partial charge on any atom is 0.313 e. The average Bonchev–Trinajstić information content (AvgIpc) is 2.56. The van der Waals surface area contributed by atoms with Crippen molar-refractivity contribution in [3.8, 4) is 5.75 Å². The minimum absolute atomic E-state index is 0.376. The van der Waals surface area contributed by atoms with Gasteiger partial charge in [0.15, 0.2) is 0 Å². The largest absolute Gasteiger partial charge is 0.494 e. The first-order valence-electron chi connectivity index (χ1n) is 8.01. The first kappa shape index (κ1) is 18.8. The van der Waals surface area contributed by atoms with E-state index in [2.05, 4.69) is 10.6 Å². The number of nitrogens with one attached hydrogen (secondary N) is 2. The first-order valence-corrected chi connectivity index (χ1v) is 8.39. The van der Waals surface area contributed by atoms with E-state index < -0.39 is 11.8 Å². The maximum atomic E-state index is 12.2. The summed E-state index contributed by atoms with van der Waals surface area (Å²) < 4.78 is 5.60. The molecule has 6 heteroatoms. The van der Waals surface area contributed by atoms with Gasteiger partial charge in [-0.25, -0.2) is 0 Å². The number of benzene rings is 2. The third kappa shape index (κ3) is 5.22. The van der Waals surface area contributed by atoms with Crippen molar-refractivity contribution in [3.63, 3.8) is 0 Å². The number of halogens is 1. The van der Waals surface area contributed by atoms with Crippen molar-refractivity contribution in [2.24, 2.45) is 0 Å². The van der Waals surface area contributed by atoms with Gasteiger partial charge in [-0.15, -0.1) is 0 Å². The van der Waals surface area contributed by atoms with Crippen LogP contribution in [0.25, 0.3) is 0 Å². The fourth-order valence-electron chi connectivity index (χ4n) is 2.39. The molecule has 0 fully saturated rings. The van der Waals surface area contributed by atoms with Crippen molar-refractivity contribution in [1.29, 1.82) is 0 Å². The summed E-state index contributed by atoms with van der Waals surface area (Å²) in [5.74, 6) is -0.785. The highest BCUT2D eigenvalue weighted by Crippen LogP contribution is 2.26. The van der Waals surface area contributed by atoms with E-state index in [9.17, 15) is 9.59 Å². The van der Waals surface area contributed by atoms with E-state index in [0.29, 0.717) is 23.1 Å². The Balaban J connectivity index is 2.06. The topological polar surface area (TPSA) is 67.4 Å². The summed E-state index contributed by atoms with van der Waals surface area (Å²) in [5.41, 5.74) is 2.33. The molecule has 5 nitrogen and oxygen atoms in total. The summed E-state index contributed by atoms with van der Waals surface area (Å²) in [6.07, 6.45) is 0. The van der Waals surface area contributed by atoms with Gasteiger partial charge in [-0.2, -0.15) is 0 Å². The normalized spacial score (nSPS) is 11.5. The fraction of sp³-hybridized carbons (Fsp3) is 0.263. The number of aryl methyl sites for hydroxylation is 1. The van der Waals surface area contributed by atoms with Crippen molar-refractivity contribution in [2.75, 3.05) is 11.9 Å². The van der Waals surface area contributed by atoms with Gasteiger partial charge in [0.2, 0.25) is 0 Å². The molecule has 132 valence electrons. The van der Waals surface area contributed by atoms with E-state index in [0.717, 1.165) is 11.1 Å². The molecule has 0 aliphatic carbocycles. The minimum atomic E-state index is -0.750. The Bertz CT molecular complexity index is 777. The number of carbonyl (C=O) groups is 2. The lowest BCUT2D eigenvalue weighted by atomic mass is 10.0. The Morgan fingerprint density at radius 3 is 2.60 bits per heavy atom. The molecule has 0 aliphatic heterocycles. The van der Waals surface area contributed by atoms with Gasteiger partial charge in [-0.3, -0.25) is 9.59 Å². The van der Waals surface area contributed by atoms with Crippen molar-refractivity contribution in [1.82, 2.24) is 5.32 Å². The quantitative estimate of drug-likeness (QED) is 0.795. The molecule has 0 aliphatic rings. The predicted octanol–water partition coefficient (Wildman–Crippen LogP) is 3.86. The van der Waals surface area contributed by atoms with Gasteiger partial charge in [0.05, 0.1) is 12.6 Å². The number of carbonyl (C=O) groups excluding carboxylic acids is 2. The second kappa shape index (κ2) is 8.53. The zero-order valence-electron chi connectivity index (χ0n) is 14.4. The van der Waals surface area contributed by atoms with Gasteiger partial charge in [0, 0.05) is 16.3 Å². The van der Waals surface area contributed by atoms with E-state index >= 15 is 0 Å². The average molecular weight is 361 g/mol. The van der Waals surface area contributed by atoms with Crippen LogP contribution in [0, 0.1) is 6.92 Å². The number of hydrogen-bond donors (Lipinski definition) is 2. The van der Waals surface area contributed by atoms with Crippen molar-refractivity contribution < 1.29 is 14.3 Å². The van der Waals surface area contributed by atoms with E-state index in [1.165, 1.54) is 0 Å². The molecule has 0 saturated carbocycles. The molecule has 0 spiro atoms. The molecule has 0 aromatic heterocycles. The van der Waals surface area contributed by atoms with Crippen LogP contribution in [0.4, 0.5) is 5.69 Å². The van der Waals surface area contributed by atoms with E-state index in [1.807, 2.05) is 39.0 Å². The van der Waals surface area contributed by atoms with Crippen LogP contribution in [0.2, 0.25) is 5.02 Å². The van der Waals surface area contributed by atoms with Crippen LogP contribution < -0.4 is 15.4 Å². The summed E-state index contributed by atoms with van der Waals surface area (Å²) in [5, 5.41) is 5.70. The van der Waals surface area contributed by atoms with Gasteiger partial charge in [-0.05, 0) is 45.0 Å². The Labute approximate surface area is 152 Å². The Hall–Kier alpha value is -2.53. The van der Waals surface area contributed by atoms with Crippen LogP contribution >= 0.6 is 11.6 Å². The Morgan fingerprint density at radius 2 is 1.92 bits per heavy atom. The van der Waals surface area contributed by atoms with E-state index in [-0.39, 0.29) is 6.04 Å². The molecular formula is C19H21ClN2O3. The number of amides is 2. The van der Waals surface area contributed by atoms with Gasteiger partial charge < -0.3 is 15.4 Å². The number of ether oxygens (including phenoxy) is 1. The van der Waals surface area contributed by atoms with Crippen LogP contribution in [0.5, 0.6) is 5.75 Å². The van der Waals surface area contributed by atoms with Crippen molar-refractivity contribution >= 4 is 29.1 Å². The molecular weight excluding hydrogens is 340 g/mol. The van der Waals surface area contributed by atoms with Crippen LogP contribution in [0.1, 0.15) is 31.0 Å². The van der Waals surface area contributed by atoms with E-state index in [1.54, 1.807) is 24.3 Å². The lowest BCUT2D eigenvalue weighted by Gasteiger charge is -2.18. The first-order chi connectivity index (χ1) is 11.9. The molecule has 0 bridgehead atoms. The summed E-state index contributed by atoms with van der Waals surface area (Å²) in [7, 11) is 0.